The van der Waals surface area contributed by atoms with Crippen molar-refractivity contribution in [2.45, 2.75) is 19.4 Å². The highest BCUT2D eigenvalue weighted by molar-refractivity contribution is 7.87. The SMILES string of the molecule is Cc1ccc([C@@H](CC(=O)O)NS(=O)(=O)N2CCOCC2)cc1. The first-order chi connectivity index (χ1) is 10.4. The molecule has 1 heterocycles. The van der Waals surface area contributed by atoms with E-state index >= 15 is 0 Å². The van der Waals surface area contributed by atoms with Gasteiger partial charge in [0.25, 0.3) is 10.2 Å². The Morgan fingerprint density at radius 2 is 1.91 bits per heavy atom. The molecule has 1 atom stereocenters. The Bertz CT molecular complexity index is 609. The van der Waals surface area contributed by atoms with E-state index in [1.54, 1.807) is 12.1 Å². The lowest BCUT2D eigenvalue weighted by molar-refractivity contribution is -0.137. The maximum atomic E-state index is 12.4. The van der Waals surface area contributed by atoms with Crippen LogP contribution in [0.5, 0.6) is 0 Å². The lowest BCUT2D eigenvalue weighted by Gasteiger charge is -2.28. The molecule has 0 unspecified atom stereocenters. The van der Waals surface area contributed by atoms with E-state index in [2.05, 4.69) is 4.72 Å². The Labute approximate surface area is 130 Å². The number of rotatable bonds is 6. The van der Waals surface area contributed by atoms with Gasteiger partial charge in [0.2, 0.25) is 0 Å². The summed E-state index contributed by atoms with van der Waals surface area (Å²) in [7, 11) is -3.75. The van der Waals surface area contributed by atoms with Crippen LogP contribution in [-0.2, 0) is 19.7 Å². The molecule has 1 saturated heterocycles. The lowest BCUT2D eigenvalue weighted by Crippen LogP contribution is -2.47. The molecule has 8 heteroatoms. The Morgan fingerprint density at radius 1 is 1.32 bits per heavy atom. The molecule has 1 aromatic carbocycles. The van der Waals surface area contributed by atoms with E-state index in [-0.39, 0.29) is 19.5 Å². The molecule has 1 fully saturated rings. The van der Waals surface area contributed by atoms with E-state index in [0.717, 1.165) is 5.56 Å². The van der Waals surface area contributed by atoms with Crippen LogP contribution in [0.3, 0.4) is 0 Å². The summed E-state index contributed by atoms with van der Waals surface area (Å²) < 4.78 is 33.7. The average Bonchev–Trinajstić information content (AvgIpc) is 2.47. The summed E-state index contributed by atoms with van der Waals surface area (Å²) in [6.07, 6.45) is -0.313. The van der Waals surface area contributed by atoms with Crippen molar-refractivity contribution in [3.63, 3.8) is 0 Å². The van der Waals surface area contributed by atoms with Gasteiger partial charge in [0.15, 0.2) is 0 Å². The number of nitrogens with one attached hydrogen (secondary N) is 1. The molecule has 0 aliphatic carbocycles. The number of nitrogens with zero attached hydrogens (tertiary/aromatic N) is 1. The summed E-state index contributed by atoms with van der Waals surface area (Å²) in [5, 5.41) is 9.04. The molecular weight excluding hydrogens is 308 g/mol. The van der Waals surface area contributed by atoms with Gasteiger partial charge in [0, 0.05) is 13.1 Å². The molecule has 1 aliphatic rings. The summed E-state index contributed by atoms with van der Waals surface area (Å²) in [4.78, 5) is 11.0. The highest BCUT2D eigenvalue weighted by Crippen LogP contribution is 2.20. The standard InChI is InChI=1S/C14H20N2O5S/c1-11-2-4-12(5-3-11)13(10-14(17)18)15-22(19,20)16-6-8-21-9-7-16/h2-5,13,15H,6-10H2,1H3,(H,17,18)/t13-/m1/s1. The van der Waals surface area contributed by atoms with E-state index in [1.165, 1.54) is 4.31 Å². The minimum Gasteiger partial charge on any atom is -0.481 e. The molecule has 0 aromatic heterocycles. The van der Waals surface area contributed by atoms with Crippen molar-refractivity contribution < 1.29 is 23.1 Å². The fourth-order valence-electron chi connectivity index (χ4n) is 2.24. The zero-order chi connectivity index (χ0) is 16.2. The maximum Gasteiger partial charge on any atom is 0.305 e. The van der Waals surface area contributed by atoms with Crippen LogP contribution in [0.25, 0.3) is 0 Å². The Kier molecular flexibility index (Phi) is 5.52. The minimum absolute atomic E-state index is 0.267. The van der Waals surface area contributed by atoms with E-state index in [1.807, 2.05) is 19.1 Å². The summed E-state index contributed by atoms with van der Waals surface area (Å²) >= 11 is 0. The molecule has 22 heavy (non-hydrogen) atoms. The lowest BCUT2D eigenvalue weighted by atomic mass is 10.0. The molecule has 0 amide bonds. The number of aryl methyl sites for hydroxylation is 1. The van der Waals surface area contributed by atoms with Gasteiger partial charge in [-0.2, -0.15) is 17.4 Å². The number of benzene rings is 1. The highest BCUT2D eigenvalue weighted by atomic mass is 32.2. The first-order valence-electron chi connectivity index (χ1n) is 7.02. The summed E-state index contributed by atoms with van der Waals surface area (Å²) in [5.74, 6) is -1.06. The number of hydrogen-bond acceptors (Lipinski definition) is 4. The van der Waals surface area contributed by atoms with Crippen molar-refractivity contribution in [2.24, 2.45) is 0 Å². The molecule has 122 valence electrons. The van der Waals surface area contributed by atoms with Crippen LogP contribution in [0.4, 0.5) is 0 Å². The molecule has 0 bridgehead atoms. The van der Waals surface area contributed by atoms with Gasteiger partial charge in [-0.05, 0) is 12.5 Å². The van der Waals surface area contributed by atoms with Gasteiger partial charge < -0.3 is 9.84 Å². The van der Waals surface area contributed by atoms with Gasteiger partial charge in [-0.25, -0.2) is 0 Å². The molecule has 0 saturated carbocycles. The molecule has 2 rings (SSSR count). The Morgan fingerprint density at radius 3 is 2.45 bits per heavy atom. The second-order valence-electron chi connectivity index (χ2n) is 5.20. The zero-order valence-corrected chi connectivity index (χ0v) is 13.2. The van der Waals surface area contributed by atoms with Crippen molar-refractivity contribution in [1.82, 2.24) is 9.03 Å². The number of hydrogen-bond donors (Lipinski definition) is 2. The second kappa shape index (κ2) is 7.19. The zero-order valence-electron chi connectivity index (χ0n) is 12.4. The van der Waals surface area contributed by atoms with Crippen LogP contribution in [0.2, 0.25) is 0 Å². The van der Waals surface area contributed by atoms with Gasteiger partial charge in [0.05, 0.1) is 25.7 Å². The van der Waals surface area contributed by atoms with Crippen molar-refractivity contribution in [3.8, 4) is 0 Å². The molecule has 2 N–H and O–H groups in total. The largest absolute Gasteiger partial charge is 0.481 e. The monoisotopic (exact) mass is 328 g/mol. The molecule has 7 nitrogen and oxygen atoms in total. The van der Waals surface area contributed by atoms with Gasteiger partial charge in [-0.1, -0.05) is 29.8 Å². The fourth-order valence-corrected chi connectivity index (χ4v) is 3.60. The van der Waals surface area contributed by atoms with Gasteiger partial charge in [-0.3, -0.25) is 4.79 Å². The number of ether oxygens (including phenoxy) is 1. The summed E-state index contributed by atoms with van der Waals surface area (Å²) in [6, 6.07) is 6.33. The van der Waals surface area contributed by atoms with Crippen LogP contribution in [-0.4, -0.2) is 50.1 Å². The molecule has 1 aliphatic heterocycles. The third-order valence-corrected chi connectivity index (χ3v) is 5.09. The van der Waals surface area contributed by atoms with Crippen LogP contribution in [0.1, 0.15) is 23.6 Å². The van der Waals surface area contributed by atoms with E-state index < -0.39 is 22.2 Å². The van der Waals surface area contributed by atoms with Crippen LogP contribution < -0.4 is 4.72 Å². The number of aliphatic carboxylic acids is 1. The molecule has 1 aromatic rings. The van der Waals surface area contributed by atoms with Gasteiger partial charge in [0.1, 0.15) is 0 Å². The first-order valence-corrected chi connectivity index (χ1v) is 8.46. The number of carbonyl (C=O) groups is 1. The smallest absolute Gasteiger partial charge is 0.305 e. The summed E-state index contributed by atoms with van der Waals surface area (Å²) in [6.45, 7) is 3.13. The topological polar surface area (TPSA) is 95.9 Å². The summed E-state index contributed by atoms with van der Waals surface area (Å²) in [5.41, 5.74) is 1.65. The predicted octanol–water partition coefficient (Wildman–Crippen LogP) is 0.677. The van der Waals surface area contributed by atoms with Gasteiger partial charge in [-0.15, -0.1) is 0 Å². The first kappa shape index (κ1) is 16.9. The van der Waals surface area contributed by atoms with Crippen LogP contribution in [0, 0.1) is 6.92 Å². The van der Waals surface area contributed by atoms with Crippen molar-refractivity contribution >= 4 is 16.2 Å². The molecule has 0 radical (unpaired) electrons. The number of carboxylic acids is 1. The maximum absolute atomic E-state index is 12.4. The van der Waals surface area contributed by atoms with Crippen LogP contribution in [0.15, 0.2) is 24.3 Å². The van der Waals surface area contributed by atoms with E-state index in [0.29, 0.717) is 18.8 Å². The third-order valence-electron chi connectivity index (χ3n) is 3.46. The van der Waals surface area contributed by atoms with Crippen molar-refractivity contribution in [2.75, 3.05) is 26.3 Å². The third kappa shape index (κ3) is 4.51. The van der Waals surface area contributed by atoms with Crippen molar-refractivity contribution in [3.05, 3.63) is 35.4 Å². The predicted molar refractivity (Wildman–Crippen MR) is 80.6 cm³/mol. The number of carboxylic acid groups (broad SMARTS) is 1. The highest BCUT2D eigenvalue weighted by Gasteiger charge is 2.28. The van der Waals surface area contributed by atoms with Crippen molar-refractivity contribution in [1.29, 1.82) is 0 Å². The number of morpholine rings is 1. The average molecular weight is 328 g/mol. The van der Waals surface area contributed by atoms with Crippen LogP contribution >= 0.6 is 0 Å². The van der Waals surface area contributed by atoms with E-state index in [4.69, 9.17) is 9.84 Å². The normalized spacial score (nSPS) is 18.0. The molecular formula is C14H20N2O5S. The molecule has 0 spiro atoms. The quantitative estimate of drug-likeness (QED) is 0.800. The van der Waals surface area contributed by atoms with E-state index in [9.17, 15) is 13.2 Å². The Hall–Kier alpha value is -1.48. The fraction of sp³-hybridized carbons (Fsp3) is 0.500. The minimum atomic E-state index is -3.75. The Balaban J connectivity index is 2.18. The van der Waals surface area contributed by atoms with Gasteiger partial charge >= 0.3 is 5.97 Å². The second-order valence-corrected chi connectivity index (χ2v) is 6.90.